The number of amides is 1. The van der Waals surface area contributed by atoms with E-state index in [1.54, 1.807) is 0 Å². The molecule has 0 saturated carbocycles. The second kappa shape index (κ2) is 4.94. The van der Waals surface area contributed by atoms with E-state index in [-0.39, 0.29) is 18.4 Å². The molecule has 0 aliphatic carbocycles. The van der Waals surface area contributed by atoms with E-state index in [0.717, 1.165) is 19.4 Å². The normalized spacial score (nSPS) is 22.9. The van der Waals surface area contributed by atoms with Gasteiger partial charge in [0, 0.05) is 31.7 Å². The lowest BCUT2D eigenvalue weighted by molar-refractivity contribution is -0.134. The molecule has 0 aromatic heterocycles. The van der Waals surface area contributed by atoms with Crippen LogP contribution in [0.1, 0.15) is 33.1 Å². The smallest absolute Gasteiger partial charge is 0.224 e. The molecule has 1 saturated heterocycles. The molecule has 1 atom stereocenters. The third-order valence-corrected chi connectivity index (χ3v) is 2.74. The lowest BCUT2D eigenvalue weighted by Crippen LogP contribution is -2.45. The highest BCUT2D eigenvalue weighted by atomic mass is 16.3. The molecule has 4 heteroatoms. The molecule has 0 aromatic carbocycles. The van der Waals surface area contributed by atoms with E-state index < -0.39 is 5.54 Å². The molecule has 1 unspecified atom stereocenters. The summed E-state index contributed by atoms with van der Waals surface area (Å²) in [6, 6.07) is 0. The van der Waals surface area contributed by atoms with Crippen LogP contribution < -0.4 is 5.73 Å². The van der Waals surface area contributed by atoms with Gasteiger partial charge in [-0.25, -0.2) is 0 Å². The van der Waals surface area contributed by atoms with Crippen LogP contribution >= 0.6 is 0 Å². The Morgan fingerprint density at radius 1 is 1.60 bits per heavy atom. The first-order valence-corrected chi connectivity index (χ1v) is 5.60. The van der Waals surface area contributed by atoms with Crippen LogP contribution in [0.25, 0.3) is 0 Å². The highest BCUT2D eigenvalue weighted by Crippen LogP contribution is 2.18. The number of nitrogens with two attached hydrogens (primary N) is 1. The quantitative estimate of drug-likeness (QED) is 0.712. The molecule has 1 heterocycles. The predicted molar refractivity (Wildman–Crippen MR) is 59.3 cm³/mol. The average molecular weight is 214 g/mol. The molecule has 15 heavy (non-hydrogen) atoms. The number of carbonyl (C=O) groups is 1. The zero-order valence-corrected chi connectivity index (χ0v) is 9.70. The van der Waals surface area contributed by atoms with Crippen LogP contribution in [0.3, 0.4) is 0 Å². The lowest BCUT2D eigenvalue weighted by atomic mass is 9.96. The van der Waals surface area contributed by atoms with Crippen molar-refractivity contribution in [2.75, 3.05) is 19.7 Å². The second-order valence-corrected chi connectivity index (χ2v) is 5.20. The van der Waals surface area contributed by atoms with Gasteiger partial charge in [0.05, 0.1) is 0 Å². The van der Waals surface area contributed by atoms with Crippen molar-refractivity contribution >= 4 is 5.91 Å². The summed E-state index contributed by atoms with van der Waals surface area (Å²) in [5.41, 5.74) is 5.37. The highest BCUT2D eigenvalue weighted by molar-refractivity contribution is 5.77. The molecule has 88 valence electrons. The van der Waals surface area contributed by atoms with Crippen molar-refractivity contribution in [3.8, 4) is 0 Å². The van der Waals surface area contributed by atoms with Crippen LogP contribution in [0.15, 0.2) is 0 Å². The predicted octanol–water partition coefficient (Wildman–Crippen LogP) is 0.345. The Morgan fingerprint density at radius 2 is 2.27 bits per heavy atom. The molecule has 1 amide bonds. The topological polar surface area (TPSA) is 66.6 Å². The molecular formula is C11H22N2O2. The maximum atomic E-state index is 11.8. The van der Waals surface area contributed by atoms with Crippen LogP contribution in [-0.4, -0.2) is 41.1 Å². The van der Waals surface area contributed by atoms with Crippen molar-refractivity contribution in [1.29, 1.82) is 0 Å². The van der Waals surface area contributed by atoms with E-state index in [1.807, 2.05) is 18.7 Å². The van der Waals surface area contributed by atoms with Crippen molar-refractivity contribution < 1.29 is 9.90 Å². The van der Waals surface area contributed by atoms with E-state index >= 15 is 0 Å². The van der Waals surface area contributed by atoms with Gasteiger partial charge in [-0.1, -0.05) is 0 Å². The van der Waals surface area contributed by atoms with Gasteiger partial charge in [-0.05, 0) is 32.6 Å². The number of aliphatic hydroxyl groups excluding tert-OH is 1. The Kier molecular flexibility index (Phi) is 4.11. The fourth-order valence-corrected chi connectivity index (χ4v) is 1.94. The molecule has 0 aromatic rings. The van der Waals surface area contributed by atoms with Gasteiger partial charge in [0.25, 0.3) is 0 Å². The van der Waals surface area contributed by atoms with Gasteiger partial charge in [0.2, 0.25) is 5.91 Å². The Hall–Kier alpha value is -0.610. The van der Waals surface area contributed by atoms with E-state index in [2.05, 4.69) is 0 Å². The minimum absolute atomic E-state index is 0.112. The van der Waals surface area contributed by atoms with Crippen molar-refractivity contribution in [2.45, 2.75) is 38.6 Å². The first-order valence-electron chi connectivity index (χ1n) is 5.60. The maximum absolute atomic E-state index is 11.8. The first-order chi connectivity index (χ1) is 6.92. The molecule has 3 N–H and O–H groups in total. The van der Waals surface area contributed by atoms with E-state index in [9.17, 15) is 4.79 Å². The largest absolute Gasteiger partial charge is 0.396 e. The summed E-state index contributed by atoms with van der Waals surface area (Å²) in [5.74, 6) is 0.365. The zero-order chi connectivity index (χ0) is 11.5. The fourth-order valence-electron chi connectivity index (χ4n) is 1.94. The zero-order valence-electron chi connectivity index (χ0n) is 9.70. The van der Waals surface area contributed by atoms with Crippen LogP contribution in [0, 0.1) is 5.92 Å². The van der Waals surface area contributed by atoms with Gasteiger partial charge in [-0.3, -0.25) is 4.79 Å². The van der Waals surface area contributed by atoms with Crippen molar-refractivity contribution in [1.82, 2.24) is 4.90 Å². The minimum atomic E-state index is -0.441. The Morgan fingerprint density at radius 3 is 2.80 bits per heavy atom. The number of rotatable bonds is 3. The molecule has 1 rings (SSSR count). The summed E-state index contributed by atoms with van der Waals surface area (Å²) >= 11 is 0. The third kappa shape index (κ3) is 4.18. The number of nitrogens with zero attached hydrogens (tertiary/aromatic N) is 1. The summed E-state index contributed by atoms with van der Waals surface area (Å²) < 4.78 is 0. The molecule has 4 nitrogen and oxygen atoms in total. The number of piperidine rings is 1. The van der Waals surface area contributed by atoms with E-state index in [0.29, 0.717) is 13.0 Å². The summed E-state index contributed by atoms with van der Waals surface area (Å²) in [6.45, 7) is 5.39. The fraction of sp³-hybridized carbons (Fsp3) is 0.909. The van der Waals surface area contributed by atoms with Crippen molar-refractivity contribution in [3.63, 3.8) is 0 Å². The number of aliphatic hydroxyl groups is 1. The van der Waals surface area contributed by atoms with Crippen LogP contribution in [0.2, 0.25) is 0 Å². The number of carbonyl (C=O) groups excluding carboxylic acids is 1. The maximum Gasteiger partial charge on any atom is 0.224 e. The van der Waals surface area contributed by atoms with Gasteiger partial charge < -0.3 is 15.7 Å². The Balaban J connectivity index is 2.45. The summed E-state index contributed by atoms with van der Waals surface area (Å²) in [5, 5.41) is 9.06. The van der Waals surface area contributed by atoms with Crippen molar-refractivity contribution in [2.24, 2.45) is 11.7 Å². The van der Waals surface area contributed by atoms with Crippen molar-refractivity contribution in [3.05, 3.63) is 0 Å². The average Bonchev–Trinajstić information content (AvgIpc) is 2.15. The van der Waals surface area contributed by atoms with Gasteiger partial charge in [-0.15, -0.1) is 0 Å². The number of likely N-dealkylation sites (tertiary alicyclic amines) is 1. The van der Waals surface area contributed by atoms with Gasteiger partial charge in [0.15, 0.2) is 0 Å². The van der Waals surface area contributed by atoms with Crippen LogP contribution in [0.5, 0.6) is 0 Å². The summed E-state index contributed by atoms with van der Waals surface area (Å²) in [4.78, 5) is 13.7. The second-order valence-electron chi connectivity index (χ2n) is 5.20. The van der Waals surface area contributed by atoms with E-state index in [1.165, 1.54) is 0 Å². The van der Waals surface area contributed by atoms with Crippen LogP contribution in [-0.2, 0) is 4.79 Å². The molecule has 1 fully saturated rings. The van der Waals surface area contributed by atoms with Gasteiger partial charge >= 0.3 is 0 Å². The third-order valence-electron chi connectivity index (χ3n) is 2.74. The van der Waals surface area contributed by atoms with Gasteiger partial charge in [-0.2, -0.15) is 0 Å². The highest BCUT2D eigenvalue weighted by Gasteiger charge is 2.26. The monoisotopic (exact) mass is 214 g/mol. The molecule has 0 bridgehead atoms. The van der Waals surface area contributed by atoms with E-state index in [4.69, 9.17) is 10.8 Å². The van der Waals surface area contributed by atoms with Gasteiger partial charge in [0.1, 0.15) is 0 Å². The molecule has 0 spiro atoms. The first kappa shape index (κ1) is 12.5. The number of hydrogen-bond donors (Lipinski definition) is 2. The Labute approximate surface area is 91.4 Å². The molecule has 1 aliphatic rings. The number of hydrogen-bond acceptors (Lipinski definition) is 3. The summed E-state index contributed by atoms with van der Waals surface area (Å²) in [7, 11) is 0. The Bertz CT molecular complexity index is 223. The molecule has 0 radical (unpaired) electrons. The standard InChI is InChI=1S/C11H22N2O2/c1-11(2,12)6-10(15)13-5-3-4-9(7-13)8-14/h9,14H,3-8,12H2,1-2H3. The molecular weight excluding hydrogens is 192 g/mol. The SMILES string of the molecule is CC(C)(N)CC(=O)N1CCCC(CO)C1. The lowest BCUT2D eigenvalue weighted by Gasteiger charge is -2.33. The minimum Gasteiger partial charge on any atom is -0.396 e. The molecule has 1 aliphatic heterocycles. The van der Waals surface area contributed by atoms with Crippen LogP contribution in [0.4, 0.5) is 0 Å². The summed E-state index contributed by atoms with van der Waals surface area (Å²) in [6.07, 6.45) is 2.39.